The van der Waals surface area contributed by atoms with Crippen LogP contribution in [0, 0.1) is 5.41 Å². The predicted octanol–water partition coefficient (Wildman–Crippen LogP) is 4.01. The summed E-state index contributed by atoms with van der Waals surface area (Å²) in [7, 11) is 0. The summed E-state index contributed by atoms with van der Waals surface area (Å²) in [6.45, 7) is 6.97. The number of amides is 1. The number of alkyl halides is 3. The minimum Gasteiger partial charge on any atom is -0.343 e. The first kappa shape index (κ1) is 22.2. The quantitative estimate of drug-likeness (QED) is 0.708. The highest BCUT2D eigenvalue weighted by molar-refractivity contribution is 5.94. The second-order valence-electron chi connectivity index (χ2n) is 7.85. The van der Waals surface area contributed by atoms with Crippen molar-refractivity contribution in [2.24, 2.45) is 5.41 Å². The molecule has 2 aromatic rings. The fourth-order valence-electron chi connectivity index (χ4n) is 3.31. The molecule has 1 unspecified atom stereocenters. The van der Waals surface area contributed by atoms with Crippen molar-refractivity contribution in [3.05, 3.63) is 52.3 Å². The summed E-state index contributed by atoms with van der Waals surface area (Å²) in [6.07, 6.45) is -3.68. The van der Waals surface area contributed by atoms with Gasteiger partial charge in [0.1, 0.15) is 0 Å². The zero-order chi connectivity index (χ0) is 19.8. The Morgan fingerprint density at radius 2 is 1.96 bits per heavy atom. The first-order valence-electron chi connectivity index (χ1n) is 8.82. The van der Waals surface area contributed by atoms with E-state index in [1.807, 2.05) is 20.8 Å². The summed E-state index contributed by atoms with van der Waals surface area (Å²) in [4.78, 5) is 12.8. The zero-order valence-electron chi connectivity index (χ0n) is 15.9. The van der Waals surface area contributed by atoms with E-state index in [1.54, 1.807) is 6.07 Å². The molecule has 0 fully saturated rings. The van der Waals surface area contributed by atoms with Crippen LogP contribution in [0.2, 0.25) is 0 Å². The molecule has 154 valence electrons. The number of rotatable bonds is 3. The van der Waals surface area contributed by atoms with Gasteiger partial charge in [0.15, 0.2) is 5.69 Å². The van der Waals surface area contributed by atoms with E-state index < -0.39 is 29.1 Å². The van der Waals surface area contributed by atoms with Gasteiger partial charge in [0, 0.05) is 30.8 Å². The van der Waals surface area contributed by atoms with E-state index in [0.717, 1.165) is 36.4 Å². The topological polar surface area (TPSA) is 69.8 Å². The van der Waals surface area contributed by atoms with Crippen LogP contribution >= 0.6 is 12.4 Å². The van der Waals surface area contributed by atoms with Crippen LogP contribution in [0.1, 0.15) is 59.7 Å². The number of hydrogen-bond acceptors (Lipinski definition) is 3. The van der Waals surface area contributed by atoms with Gasteiger partial charge in [0.25, 0.3) is 5.91 Å². The summed E-state index contributed by atoms with van der Waals surface area (Å²) in [6, 6.07) is 4.49. The molecule has 1 aliphatic heterocycles. The normalized spacial score (nSPS) is 15.4. The molecule has 1 amide bonds. The lowest BCUT2D eigenvalue weighted by Gasteiger charge is -2.32. The molecule has 0 saturated heterocycles. The number of aromatic nitrogens is 2. The summed E-state index contributed by atoms with van der Waals surface area (Å²) in [5, 5.41) is 13.1. The van der Waals surface area contributed by atoms with Gasteiger partial charge in [0.2, 0.25) is 0 Å². The Labute approximate surface area is 167 Å². The molecule has 3 N–H and O–H groups in total. The molecule has 28 heavy (non-hydrogen) atoms. The highest BCUT2D eigenvalue weighted by Gasteiger charge is 2.34. The lowest BCUT2D eigenvalue weighted by molar-refractivity contribution is -0.137. The summed E-state index contributed by atoms with van der Waals surface area (Å²) >= 11 is 0. The summed E-state index contributed by atoms with van der Waals surface area (Å²) < 4.78 is 39.3. The van der Waals surface area contributed by atoms with Gasteiger partial charge in [0.05, 0.1) is 11.6 Å². The van der Waals surface area contributed by atoms with Crippen LogP contribution in [0.5, 0.6) is 0 Å². The van der Waals surface area contributed by atoms with Crippen LogP contribution in [0.3, 0.4) is 0 Å². The maximum Gasteiger partial charge on any atom is 0.416 e. The Morgan fingerprint density at radius 3 is 2.61 bits per heavy atom. The number of halogens is 4. The van der Waals surface area contributed by atoms with Crippen LogP contribution < -0.4 is 10.6 Å². The minimum absolute atomic E-state index is 0. The number of carbonyl (C=O) groups excluding carboxylic acids is 1. The van der Waals surface area contributed by atoms with Gasteiger partial charge in [-0.05, 0) is 23.1 Å². The number of nitrogens with one attached hydrogen (secondary N) is 3. The van der Waals surface area contributed by atoms with E-state index in [4.69, 9.17) is 0 Å². The first-order valence-corrected chi connectivity index (χ1v) is 8.82. The van der Waals surface area contributed by atoms with Crippen molar-refractivity contribution in [2.75, 3.05) is 6.54 Å². The lowest BCUT2D eigenvalue weighted by atomic mass is 9.81. The predicted molar refractivity (Wildman–Crippen MR) is 102 cm³/mol. The Kier molecular flexibility index (Phi) is 6.45. The van der Waals surface area contributed by atoms with Crippen LogP contribution in [-0.4, -0.2) is 22.6 Å². The molecule has 0 spiro atoms. The van der Waals surface area contributed by atoms with Gasteiger partial charge in [-0.25, -0.2) is 0 Å². The molecular formula is C19H24ClF3N4O. The van der Waals surface area contributed by atoms with E-state index in [9.17, 15) is 18.0 Å². The molecule has 1 aromatic carbocycles. The average Bonchev–Trinajstić information content (AvgIpc) is 3.02. The molecule has 0 radical (unpaired) electrons. The molecule has 9 heteroatoms. The molecule has 0 saturated carbocycles. The Bertz CT molecular complexity index is 842. The SMILES string of the molecule is CC(C)(C)C(NC(=O)c1n[nH]c2c1CNCC2)c1cccc(C(F)(F)F)c1.Cl. The highest BCUT2D eigenvalue weighted by atomic mass is 35.5. The number of hydrogen-bond donors (Lipinski definition) is 3. The zero-order valence-corrected chi connectivity index (χ0v) is 16.7. The molecule has 1 aromatic heterocycles. The maximum absolute atomic E-state index is 13.1. The van der Waals surface area contributed by atoms with E-state index >= 15 is 0 Å². The molecular weight excluding hydrogens is 393 g/mol. The third-order valence-electron chi connectivity index (χ3n) is 4.71. The van der Waals surface area contributed by atoms with E-state index in [0.29, 0.717) is 17.8 Å². The minimum atomic E-state index is -4.44. The number of fused-ring (bicyclic) bond motifs is 1. The number of nitrogens with zero attached hydrogens (tertiary/aromatic N) is 1. The maximum atomic E-state index is 13.1. The molecule has 2 heterocycles. The Hall–Kier alpha value is -2.06. The second kappa shape index (κ2) is 8.13. The number of aromatic amines is 1. The van der Waals surface area contributed by atoms with Crippen LogP contribution in [0.15, 0.2) is 24.3 Å². The third kappa shape index (κ3) is 4.67. The van der Waals surface area contributed by atoms with Crippen molar-refractivity contribution in [2.45, 2.75) is 46.0 Å². The largest absolute Gasteiger partial charge is 0.416 e. The molecule has 1 aliphatic rings. The van der Waals surface area contributed by atoms with Crippen molar-refractivity contribution in [3.8, 4) is 0 Å². The van der Waals surface area contributed by atoms with Gasteiger partial charge >= 0.3 is 6.18 Å². The second-order valence-corrected chi connectivity index (χ2v) is 7.85. The van der Waals surface area contributed by atoms with Gasteiger partial charge in [-0.1, -0.05) is 32.9 Å². The number of H-pyrrole nitrogens is 1. The molecule has 5 nitrogen and oxygen atoms in total. The molecule has 3 rings (SSSR count). The monoisotopic (exact) mass is 416 g/mol. The van der Waals surface area contributed by atoms with Crippen molar-refractivity contribution < 1.29 is 18.0 Å². The fourth-order valence-corrected chi connectivity index (χ4v) is 3.31. The number of benzene rings is 1. The summed E-state index contributed by atoms with van der Waals surface area (Å²) in [5.41, 5.74) is 1.21. The van der Waals surface area contributed by atoms with Crippen molar-refractivity contribution >= 4 is 18.3 Å². The molecule has 1 atom stereocenters. The molecule has 0 bridgehead atoms. The van der Waals surface area contributed by atoms with Gasteiger partial charge in [-0.15, -0.1) is 12.4 Å². The fraction of sp³-hybridized carbons (Fsp3) is 0.474. The number of carbonyl (C=O) groups is 1. The highest BCUT2D eigenvalue weighted by Crippen LogP contribution is 2.36. The van der Waals surface area contributed by atoms with Crippen molar-refractivity contribution in [3.63, 3.8) is 0 Å². The smallest absolute Gasteiger partial charge is 0.343 e. The Morgan fingerprint density at radius 1 is 1.25 bits per heavy atom. The third-order valence-corrected chi connectivity index (χ3v) is 4.71. The van der Waals surface area contributed by atoms with Gasteiger partial charge in [-0.3, -0.25) is 9.89 Å². The van der Waals surface area contributed by atoms with Crippen LogP contribution in [0.4, 0.5) is 13.2 Å². The van der Waals surface area contributed by atoms with Crippen molar-refractivity contribution in [1.82, 2.24) is 20.8 Å². The van der Waals surface area contributed by atoms with E-state index in [1.165, 1.54) is 6.07 Å². The first-order chi connectivity index (χ1) is 12.6. The standard InChI is InChI=1S/C19H23F3N4O.ClH/c1-18(2,3)16(11-5-4-6-12(9-11)19(20,21)22)24-17(27)15-13-10-23-8-7-14(13)25-26-15;/h4-6,9,16,23H,7-8,10H2,1-3H3,(H,24,27)(H,25,26);1H. The van der Waals surface area contributed by atoms with Crippen molar-refractivity contribution in [1.29, 1.82) is 0 Å². The van der Waals surface area contributed by atoms with E-state index in [2.05, 4.69) is 20.8 Å². The lowest BCUT2D eigenvalue weighted by Crippen LogP contribution is -2.37. The van der Waals surface area contributed by atoms with Gasteiger partial charge in [-0.2, -0.15) is 18.3 Å². The van der Waals surface area contributed by atoms with Gasteiger partial charge < -0.3 is 10.6 Å². The summed E-state index contributed by atoms with van der Waals surface area (Å²) in [5.74, 6) is -0.395. The van der Waals surface area contributed by atoms with Crippen LogP contribution in [-0.2, 0) is 19.1 Å². The average molecular weight is 417 g/mol. The van der Waals surface area contributed by atoms with E-state index in [-0.39, 0.29) is 12.4 Å². The molecule has 0 aliphatic carbocycles. The Balaban J connectivity index is 0.00000280. The van der Waals surface area contributed by atoms with Crippen LogP contribution in [0.25, 0.3) is 0 Å².